The smallest absolute Gasteiger partial charge is 0.321 e. The number of hydrogen-bond donors (Lipinski definition) is 2. The van der Waals surface area contributed by atoms with Gasteiger partial charge in [0.05, 0.1) is 0 Å². The van der Waals surface area contributed by atoms with E-state index >= 15 is 0 Å². The van der Waals surface area contributed by atoms with Gasteiger partial charge in [-0.15, -0.1) is 12.6 Å². The van der Waals surface area contributed by atoms with Crippen LogP contribution >= 0.6 is 12.6 Å². The van der Waals surface area contributed by atoms with E-state index in [2.05, 4.69) is 17.9 Å². The van der Waals surface area contributed by atoms with Crippen molar-refractivity contribution in [3.05, 3.63) is 24.3 Å². The molecule has 0 atom stereocenters. The minimum Gasteiger partial charge on any atom is -0.331 e. The van der Waals surface area contributed by atoms with Gasteiger partial charge in [-0.1, -0.05) is 6.07 Å². The Hall–Kier alpha value is -1.16. The highest BCUT2D eigenvalue weighted by Crippen LogP contribution is 2.13. The summed E-state index contributed by atoms with van der Waals surface area (Å²) in [7, 11) is 3.39. The van der Waals surface area contributed by atoms with Crippen LogP contribution < -0.4 is 5.32 Å². The third-order valence-electron chi connectivity index (χ3n) is 1.50. The quantitative estimate of drug-likeness (QED) is 0.662. The van der Waals surface area contributed by atoms with Gasteiger partial charge in [0, 0.05) is 24.7 Å². The molecule has 4 heteroatoms. The van der Waals surface area contributed by atoms with Crippen LogP contribution in [0, 0.1) is 0 Å². The van der Waals surface area contributed by atoms with E-state index in [0.717, 1.165) is 10.6 Å². The molecule has 0 saturated heterocycles. The second-order valence-electron chi connectivity index (χ2n) is 2.87. The average Bonchev–Trinajstić information content (AvgIpc) is 2.04. The van der Waals surface area contributed by atoms with Crippen LogP contribution in [0.15, 0.2) is 29.2 Å². The molecule has 3 nitrogen and oxygen atoms in total. The molecular weight excluding hydrogens is 184 g/mol. The van der Waals surface area contributed by atoms with E-state index < -0.39 is 0 Å². The number of benzene rings is 1. The monoisotopic (exact) mass is 196 g/mol. The third kappa shape index (κ3) is 2.99. The minimum atomic E-state index is -0.140. The van der Waals surface area contributed by atoms with E-state index in [4.69, 9.17) is 0 Å². The standard InChI is InChI=1S/C9H12N2OS/c1-11(2)9(12)10-7-4-3-5-8(13)6-7/h3-6,13H,1-2H3,(H,10,12). The molecule has 0 aliphatic carbocycles. The van der Waals surface area contributed by atoms with Gasteiger partial charge in [-0.25, -0.2) is 4.79 Å². The Labute approximate surface area is 83.2 Å². The van der Waals surface area contributed by atoms with Crippen LogP contribution in [0.4, 0.5) is 10.5 Å². The molecule has 0 spiro atoms. The maximum atomic E-state index is 11.2. The lowest BCUT2D eigenvalue weighted by atomic mass is 10.3. The van der Waals surface area contributed by atoms with Crippen molar-refractivity contribution in [1.29, 1.82) is 0 Å². The van der Waals surface area contributed by atoms with Crippen molar-refractivity contribution in [3.8, 4) is 0 Å². The number of hydrogen-bond acceptors (Lipinski definition) is 2. The predicted molar refractivity (Wildman–Crippen MR) is 56.4 cm³/mol. The number of carbonyl (C=O) groups excluding carboxylic acids is 1. The highest BCUT2D eigenvalue weighted by Gasteiger charge is 2.02. The fourth-order valence-corrected chi connectivity index (χ4v) is 1.04. The van der Waals surface area contributed by atoms with Crippen molar-refractivity contribution >= 4 is 24.3 Å². The Morgan fingerprint density at radius 3 is 2.69 bits per heavy atom. The molecule has 0 aromatic heterocycles. The molecule has 0 unspecified atom stereocenters. The molecule has 0 aliphatic heterocycles. The number of carbonyl (C=O) groups is 1. The van der Waals surface area contributed by atoms with E-state index in [-0.39, 0.29) is 6.03 Å². The van der Waals surface area contributed by atoms with Gasteiger partial charge in [0.1, 0.15) is 0 Å². The largest absolute Gasteiger partial charge is 0.331 e. The highest BCUT2D eigenvalue weighted by atomic mass is 32.1. The molecule has 1 aromatic rings. The summed E-state index contributed by atoms with van der Waals surface area (Å²) in [5.41, 5.74) is 0.756. The van der Waals surface area contributed by atoms with Gasteiger partial charge in [0.15, 0.2) is 0 Å². The number of amides is 2. The molecule has 0 fully saturated rings. The van der Waals surface area contributed by atoms with E-state index in [1.807, 2.05) is 18.2 Å². The molecule has 0 saturated carbocycles. The van der Waals surface area contributed by atoms with Crippen LogP contribution in [-0.4, -0.2) is 25.0 Å². The second kappa shape index (κ2) is 4.18. The summed E-state index contributed by atoms with van der Waals surface area (Å²) in [5.74, 6) is 0. The van der Waals surface area contributed by atoms with E-state index in [1.54, 1.807) is 20.2 Å². The highest BCUT2D eigenvalue weighted by molar-refractivity contribution is 7.80. The van der Waals surface area contributed by atoms with Gasteiger partial charge in [-0.3, -0.25) is 0 Å². The first-order chi connectivity index (χ1) is 6.09. The lowest BCUT2D eigenvalue weighted by Gasteiger charge is -2.11. The fraction of sp³-hybridized carbons (Fsp3) is 0.222. The first-order valence-corrected chi connectivity index (χ1v) is 4.31. The molecule has 0 heterocycles. The fourth-order valence-electron chi connectivity index (χ4n) is 0.819. The minimum absolute atomic E-state index is 0.140. The Morgan fingerprint density at radius 1 is 1.46 bits per heavy atom. The maximum absolute atomic E-state index is 11.2. The number of anilines is 1. The van der Waals surface area contributed by atoms with E-state index in [0.29, 0.717) is 0 Å². The second-order valence-corrected chi connectivity index (χ2v) is 3.39. The zero-order valence-electron chi connectivity index (χ0n) is 7.61. The zero-order chi connectivity index (χ0) is 9.84. The predicted octanol–water partition coefficient (Wildman–Crippen LogP) is 2.07. The lowest BCUT2D eigenvalue weighted by Crippen LogP contribution is -2.27. The number of rotatable bonds is 1. The Morgan fingerprint density at radius 2 is 2.15 bits per heavy atom. The van der Waals surface area contributed by atoms with Gasteiger partial charge in [-0.05, 0) is 18.2 Å². The third-order valence-corrected chi connectivity index (χ3v) is 1.78. The number of thiol groups is 1. The summed E-state index contributed by atoms with van der Waals surface area (Å²) in [4.78, 5) is 13.5. The van der Waals surface area contributed by atoms with Crippen molar-refractivity contribution in [3.63, 3.8) is 0 Å². The normalized spacial score (nSPS) is 9.46. The maximum Gasteiger partial charge on any atom is 0.321 e. The molecule has 70 valence electrons. The summed E-state index contributed by atoms with van der Waals surface area (Å²) in [5, 5.41) is 2.72. The van der Waals surface area contributed by atoms with Crippen molar-refractivity contribution in [2.24, 2.45) is 0 Å². The molecule has 0 radical (unpaired) electrons. The van der Waals surface area contributed by atoms with Gasteiger partial charge in [0.2, 0.25) is 0 Å². The number of urea groups is 1. The van der Waals surface area contributed by atoms with Crippen LogP contribution in [0.2, 0.25) is 0 Å². The van der Waals surface area contributed by atoms with Crippen molar-refractivity contribution in [2.45, 2.75) is 4.90 Å². The van der Waals surface area contributed by atoms with E-state index in [1.165, 1.54) is 4.90 Å². The van der Waals surface area contributed by atoms with Crippen molar-refractivity contribution in [2.75, 3.05) is 19.4 Å². The Bertz CT molecular complexity index is 312. The summed E-state index contributed by atoms with van der Waals surface area (Å²) in [6, 6.07) is 7.17. The molecule has 1 rings (SSSR count). The van der Waals surface area contributed by atoms with Crippen LogP contribution in [0.1, 0.15) is 0 Å². The summed E-state index contributed by atoms with van der Waals surface area (Å²) in [6.07, 6.45) is 0. The number of nitrogens with one attached hydrogen (secondary N) is 1. The lowest BCUT2D eigenvalue weighted by molar-refractivity contribution is 0.230. The molecule has 2 amide bonds. The van der Waals surface area contributed by atoms with Gasteiger partial charge < -0.3 is 10.2 Å². The van der Waals surface area contributed by atoms with Crippen LogP contribution in [0.25, 0.3) is 0 Å². The van der Waals surface area contributed by atoms with Gasteiger partial charge in [-0.2, -0.15) is 0 Å². The van der Waals surface area contributed by atoms with Crippen LogP contribution in [-0.2, 0) is 0 Å². The average molecular weight is 196 g/mol. The summed E-state index contributed by atoms with van der Waals surface area (Å²) >= 11 is 4.16. The topological polar surface area (TPSA) is 32.3 Å². The van der Waals surface area contributed by atoms with E-state index in [9.17, 15) is 4.79 Å². The van der Waals surface area contributed by atoms with Crippen LogP contribution in [0.3, 0.4) is 0 Å². The summed E-state index contributed by atoms with van der Waals surface area (Å²) in [6.45, 7) is 0. The van der Waals surface area contributed by atoms with Crippen molar-refractivity contribution < 1.29 is 4.79 Å². The molecule has 0 bridgehead atoms. The Kier molecular flexibility index (Phi) is 3.19. The zero-order valence-corrected chi connectivity index (χ0v) is 8.51. The first kappa shape index (κ1) is 9.92. The SMILES string of the molecule is CN(C)C(=O)Nc1cccc(S)c1. The van der Waals surface area contributed by atoms with Crippen LogP contribution in [0.5, 0.6) is 0 Å². The van der Waals surface area contributed by atoms with Gasteiger partial charge in [0.25, 0.3) is 0 Å². The van der Waals surface area contributed by atoms with Gasteiger partial charge >= 0.3 is 6.03 Å². The molecular formula is C9H12N2OS. The first-order valence-electron chi connectivity index (χ1n) is 3.87. The molecule has 0 aliphatic rings. The Balaban J connectivity index is 2.69. The summed E-state index contributed by atoms with van der Waals surface area (Å²) < 4.78 is 0. The molecule has 1 aromatic carbocycles. The number of nitrogens with zero attached hydrogens (tertiary/aromatic N) is 1. The molecule has 1 N–H and O–H groups in total. The molecule has 13 heavy (non-hydrogen) atoms. The van der Waals surface area contributed by atoms with Crippen molar-refractivity contribution in [1.82, 2.24) is 4.90 Å².